The van der Waals surface area contributed by atoms with Crippen molar-refractivity contribution in [1.29, 1.82) is 0 Å². The molecule has 0 spiro atoms. The van der Waals surface area contributed by atoms with E-state index in [-0.39, 0.29) is 5.82 Å². The summed E-state index contributed by atoms with van der Waals surface area (Å²) in [6.07, 6.45) is -4.38. The largest absolute Gasteiger partial charge is 0.433 e. The Morgan fingerprint density at radius 2 is 1.90 bits per heavy atom. The van der Waals surface area contributed by atoms with Crippen LogP contribution in [0, 0.1) is 0 Å². The van der Waals surface area contributed by atoms with Crippen LogP contribution >= 0.6 is 0 Å². The zero-order chi connectivity index (χ0) is 15.2. The van der Waals surface area contributed by atoms with Gasteiger partial charge >= 0.3 is 6.18 Å². The Morgan fingerprint density at radius 3 is 2.25 bits per heavy atom. The van der Waals surface area contributed by atoms with Gasteiger partial charge in [0.25, 0.3) is 6.47 Å². The van der Waals surface area contributed by atoms with Crippen molar-refractivity contribution in [1.82, 2.24) is 9.78 Å². The van der Waals surface area contributed by atoms with Crippen LogP contribution in [0.4, 0.5) is 19.0 Å². The molecule has 20 heavy (non-hydrogen) atoms. The van der Waals surface area contributed by atoms with Gasteiger partial charge in [-0.3, -0.25) is 9.48 Å². The van der Waals surface area contributed by atoms with E-state index in [2.05, 4.69) is 9.84 Å². The van der Waals surface area contributed by atoms with E-state index in [1.807, 2.05) is 6.07 Å². The summed E-state index contributed by atoms with van der Waals surface area (Å²) < 4.78 is 41.1. The van der Waals surface area contributed by atoms with Crippen LogP contribution < -0.4 is 10.5 Å². The number of rotatable bonds is 2. The number of aryl methyl sites for hydroxylation is 1. The molecule has 2 aromatic rings. The minimum atomic E-state index is -4.38. The molecular weight excluding hydrogens is 275 g/mol. The smallest absolute Gasteiger partial charge is 0.429 e. The van der Waals surface area contributed by atoms with Crippen LogP contribution in [-0.2, 0) is 18.0 Å². The number of nitrogens with two attached hydrogens (primary N) is 1. The number of halogens is 3. The van der Waals surface area contributed by atoms with Gasteiger partial charge in [-0.2, -0.15) is 18.3 Å². The number of benzene rings is 1. The van der Waals surface area contributed by atoms with Crippen LogP contribution in [0.3, 0.4) is 0 Å². The number of hydrogen-bond acceptors (Lipinski definition) is 4. The monoisotopic (exact) mass is 287 g/mol. The molecule has 5 nitrogen and oxygen atoms in total. The lowest BCUT2D eigenvalue weighted by Crippen LogP contribution is -2.11. The number of nitrogen functional groups attached to an aromatic ring is 1. The topological polar surface area (TPSA) is 70.1 Å². The lowest BCUT2D eigenvalue weighted by Gasteiger charge is -2.04. The molecule has 1 aromatic heterocycles. The van der Waals surface area contributed by atoms with Crippen molar-refractivity contribution in [3.05, 3.63) is 42.1 Å². The van der Waals surface area contributed by atoms with Gasteiger partial charge in [0, 0.05) is 13.1 Å². The van der Waals surface area contributed by atoms with Gasteiger partial charge in [-0.1, -0.05) is 18.2 Å². The molecule has 2 rings (SSSR count). The number of alkyl halides is 3. The van der Waals surface area contributed by atoms with E-state index < -0.39 is 11.9 Å². The van der Waals surface area contributed by atoms with Gasteiger partial charge in [0.15, 0.2) is 0 Å². The van der Waals surface area contributed by atoms with Crippen LogP contribution in [0.5, 0.6) is 5.75 Å². The Labute approximate surface area is 112 Å². The first-order chi connectivity index (χ1) is 9.34. The summed E-state index contributed by atoms with van der Waals surface area (Å²) in [6, 6.07) is 9.69. The number of nitrogens with zero attached hydrogens (tertiary/aromatic N) is 2. The number of hydrogen-bond donors (Lipinski definition) is 1. The van der Waals surface area contributed by atoms with Gasteiger partial charge in [0.2, 0.25) is 0 Å². The van der Waals surface area contributed by atoms with Crippen LogP contribution in [0.15, 0.2) is 36.4 Å². The summed E-state index contributed by atoms with van der Waals surface area (Å²) >= 11 is 0. The highest BCUT2D eigenvalue weighted by Crippen LogP contribution is 2.29. The summed E-state index contributed by atoms with van der Waals surface area (Å²) in [7, 11) is 1.19. The number of ether oxygens (including phenoxy) is 1. The Bertz CT molecular complexity index is 553. The molecule has 108 valence electrons. The van der Waals surface area contributed by atoms with E-state index in [4.69, 9.17) is 5.73 Å². The van der Waals surface area contributed by atoms with Gasteiger partial charge in [0.1, 0.15) is 17.3 Å². The summed E-state index contributed by atoms with van der Waals surface area (Å²) in [4.78, 5) is 9.75. The highest BCUT2D eigenvalue weighted by atomic mass is 19.4. The maximum absolute atomic E-state index is 11.9. The molecule has 8 heteroatoms. The number of anilines is 1. The fourth-order valence-electron chi connectivity index (χ4n) is 1.31. The lowest BCUT2D eigenvalue weighted by molar-refractivity contribution is -0.143. The molecule has 0 aliphatic heterocycles. The highest BCUT2D eigenvalue weighted by Gasteiger charge is 2.34. The molecule has 0 fully saturated rings. The molecular formula is C12H12F3N3O2. The normalized spacial score (nSPS) is 10.4. The van der Waals surface area contributed by atoms with E-state index in [9.17, 15) is 18.0 Å². The Morgan fingerprint density at radius 1 is 1.30 bits per heavy atom. The fraction of sp³-hybridized carbons (Fsp3) is 0.167. The Hall–Kier alpha value is -2.51. The zero-order valence-electron chi connectivity index (χ0n) is 10.5. The van der Waals surface area contributed by atoms with E-state index >= 15 is 0 Å². The molecule has 1 aromatic carbocycles. The number of carbonyl (C=O) groups excluding carboxylic acids is 1. The van der Waals surface area contributed by atoms with Gasteiger partial charge in [-0.05, 0) is 12.1 Å². The van der Waals surface area contributed by atoms with Crippen LogP contribution in [0.25, 0.3) is 0 Å². The quantitative estimate of drug-likeness (QED) is 0.860. The van der Waals surface area contributed by atoms with E-state index in [1.54, 1.807) is 24.3 Å². The molecule has 1 heterocycles. The fourth-order valence-corrected chi connectivity index (χ4v) is 1.31. The minimum Gasteiger partial charge on any atom is -0.429 e. The molecule has 0 aliphatic carbocycles. The Kier molecular flexibility index (Phi) is 5.13. The summed E-state index contributed by atoms with van der Waals surface area (Å²) in [6.45, 7) is 0.412. The van der Waals surface area contributed by atoms with Crippen LogP contribution in [0.1, 0.15) is 5.69 Å². The summed E-state index contributed by atoms with van der Waals surface area (Å²) in [5, 5.41) is 3.35. The predicted octanol–water partition coefficient (Wildman–Crippen LogP) is 2.24. The molecule has 0 saturated carbocycles. The summed E-state index contributed by atoms with van der Waals surface area (Å²) in [5.74, 6) is 0.451. The summed E-state index contributed by atoms with van der Waals surface area (Å²) in [5.41, 5.74) is 4.21. The third-order valence-corrected chi connectivity index (χ3v) is 2.12. The molecule has 0 radical (unpaired) electrons. The van der Waals surface area contributed by atoms with Crippen molar-refractivity contribution >= 4 is 12.3 Å². The number of carbonyl (C=O) groups is 1. The third kappa shape index (κ3) is 4.63. The standard InChI is InChI=1S/C7H6O2.C5H6F3N3/c8-6-9-7-4-2-1-3-5-7;1-11-3(5(6,7)8)2-4(9)10-11/h1-6H;2H,1H3,(H2,9,10). The van der Waals surface area contributed by atoms with Gasteiger partial charge in [-0.25, -0.2) is 0 Å². The van der Waals surface area contributed by atoms with E-state index in [0.717, 1.165) is 6.07 Å². The molecule has 0 saturated heterocycles. The first-order valence-corrected chi connectivity index (χ1v) is 5.36. The average Bonchev–Trinajstić information content (AvgIpc) is 2.71. The van der Waals surface area contributed by atoms with Gasteiger partial charge in [-0.15, -0.1) is 0 Å². The van der Waals surface area contributed by atoms with Crippen LogP contribution in [0.2, 0.25) is 0 Å². The molecule has 0 amide bonds. The molecule has 0 unspecified atom stereocenters. The third-order valence-electron chi connectivity index (χ3n) is 2.12. The molecule has 0 bridgehead atoms. The maximum Gasteiger partial charge on any atom is 0.433 e. The van der Waals surface area contributed by atoms with Crippen molar-refractivity contribution in [2.75, 3.05) is 5.73 Å². The predicted molar refractivity (Wildman–Crippen MR) is 65.8 cm³/mol. The van der Waals surface area contributed by atoms with Crippen molar-refractivity contribution in [3.63, 3.8) is 0 Å². The van der Waals surface area contributed by atoms with E-state index in [0.29, 0.717) is 16.9 Å². The number of aromatic nitrogens is 2. The minimum absolute atomic E-state index is 0.125. The first-order valence-electron chi connectivity index (χ1n) is 5.36. The Balaban J connectivity index is 0.000000204. The van der Waals surface area contributed by atoms with E-state index in [1.165, 1.54) is 7.05 Å². The van der Waals surface area contributed by atoms with Crippen molar-refractivity contribution in [3.8, 4) is 5.75 Å². The molecule has 0 aliphatic rings. The van der Waals surface area contributed by atoms with Crippen molar-refractivity contribution < 1.29 is 22.7 Å². The van der Waals surface area contributed by atoms with Gasteiger partial charge < -0.3 is 10.5 Å². The highest BCUT2D eigenvalue weighted by molar-refractivity contribution is 5.44. The van der Waals surface area contributed by atoms with Crippen molar-refractivity contribution in [2.45, 2.75) is 6.18 Å². The maximum atomic E-state index is 11.9. The zero-order valence-corrected chi connectivity index (χ0v) is 10.5. The van der Waals surface area contributed by atoms with Gasteiger partial charge in [0.05, 0.1) is 0 Å². The van der Waals surface area contributed by atoms with Crippen molar-refractivity contribution in [2.24, 2.45) is 7.05 Å². The SMILES string of the molecule is Cn1nc(N)cc1C(F)(F)F.O=COc1ccccc1. The second-order valence-electron chi connectivity index (χ2n) is 3.60. The number of para-hydroxylation sites is 1. The van der Waals surface area contributed by atoms with Crippen LogP contribution in [-0.4, -0.2) is 16.3 Å². The first kappa shape index (κ1) is 15.5. The second-order valence-corrected chi connectivity index (χ2v) is 3.60. The molecule has 2 N–H and O–H groups in total. The second kappa shape index (κ2) is 6.60. The average molecular weight is 287 g/mol. The lowest BCUT2D eigenvalue weighted by atomic mass is 10.3. The molecule has 0 atom stereocenters.